The van der Waals surface area contributed by atoms with Crippen molar-refractivity contribution in [1.29, 1.82) is 0 Å². The molecule has 2 aromatic rings. The third kappa shape index (κ3) is 2.93. The molecule has 128 valence electrons. The average Bonchev–Trinajstić information content (AvgIpc) is 2.95. The van der Waals surface area contributed by atoms with Crippen molar-refractivity contribution in [1.82, 2.24) is 20.4 Å². The Morgan fingerprint density at radius 2 is 2.17 bits per heavy atom. The summed E-state index contributed by atoms with van der Waals surface area (Å²) < 4.78 is 6.35. The van der Waals surface area contributed by atoms with Crippen LogP contribution in [0.5, 0.6) is 0 Å². The van der Waals surface area contributed by atoms with Crippen LogP contribution < -0.4 is 5.32 Å². The van der Waals surface area contributed by atoms with E-state index in [4.69, 9.17) is 4.74 Å². The Labute approximate surface area is 154 Å². The molecular formula is C17H21IN4O2. The molecule has 2 aliphatic rings. The lowest BCUT2D eigenvalue weighted by Crippen LogP contribution is -2.62. The number of benzene rings is 1. The molecule has 2 heterocycles. The van der Waals surface area contributed by atoms with Crippen LogP contribution in [-0.2, 0) is 4.74 Å². The predicted molar refractivity (Wildman–Crippen MR) is 100 cm³/mol. The fourth-order valence-electron chi connectivity index (χ4n) is 3.70. The van der Waals surface area contributed by atoms with E-state index < -0.39 is 0 Å². The van der Waals surface area contributed by atoms with E-state index in [-0.39, 0.29) is 11.4 Å². The smallest absolute Gasteiger partial charge is 0.251 e. The molecule has 1 saturated carbocycles. The number of halogens is 1. The van der Waals surface area contributed by atoms with Crippen LogP contribution in [0.4, 0.5) is 0 Å². The number of aromatic amines is 1. The molecule has 1 aromatic carbocycles. The first-order valence-electron chi connectivity index (χ1n) is 8.43. The number of morpholine rings is 1. The van der Waals surface area contributed by atoms with E-state index in [1.54, 1.807) is 0 Å². The Balaban J connectivity index is 1.45. The van der Waals surface area contributed by atoms with E-state index >= 15 is 0 Å². The number of nitrogens with one attached hydrogen (secondary N) is 2. The number of fused-ring (bicyclic) bond motifs is 1. The van der Waals surface area contributed by atoms with Crippen molar-refractivity contribution in [2.45, 2.75) is 24.8 Å². The maximum Gasteiger partial charge on any atom is 0.251 e. The summed E-state index contributed by atoms with van der Waals surface area (Å²) in [4.78, 5) is 15.1. The largest absolute Gasteiger partial charge is 0.379 e. The fourth-order valence-corrected chi connectivity index (χ4v) is 4.26. The third-order valence-corrected chi connectivity index (χ3v) is 6.15. The minimum atomic E-state index is -0.00608. The van der Waals surface area contributed by atoms with Gasteiger partial charge in [0, 0.05) is 36.1 Å². The van der Waals surface area contributed by atoms with E-state index in [0.717, 1.165) is 53.7 Å². The van der Waals surface area contributed by atoms with Crippen molar-refractivity contribution in [2.75, 3.05) is 32.8 Å². The topological polar surface area (TPSA) is 70.2 Å². The van der Waals surface area contributed by atoms with Crippen LogP contribution in [0, 0.1) is 3.70 Å². The molecule has 2 N–H and O–H groups in total. The zero-order chi connectivity index (χ0) is 16.6. The highest BCUT2D eigenvalue weighted by Crippen LogP contribution is 2.37. The van der Waals surface area contributed by atoms with Crippen molar-refractivity contribution in [2.24, 2.45) is 0 Å². The molecule has 4 rings (SSSR count). The van der Waals surface area contributed by atoms with E-state index in [9.17, 15) is 4.79 Å². The summed E-state index contributed by atoms with van der Waals surface area (Å²) >= 11 is 2.18. The lowest BCUT2D eigenvalue weighted by Gasteiger charge is -2.51. The number of amides is 1. The Morgan fingerprint density at radius 3 is 2.88 bits per heavy atom. The third-order valence-electron chi connectivity index (χ3n) is 5.32. The molecule has 0 unspecified atom stereocenters. The Bertz CT molecular complexity index is 750. The first-order valence-corrected chi connectivity index (χ1v) is 9.50. The van der Waals surface area contributed by atoms with Gasteiger partial charge in [0.1, 0.15) is 3.70 Å². The maximum atomic E-state index is 12.6. The van der Waals surface area contributed by atoms with Gasteiger partial charge in [-0.2, -0.15) is 5.10 Å². The normalized spacial score (nSPS) is 20.7. The zero-order valence-electron chi connectivity index (χ0n) is 13.5. The molecule has 2 fully saturated rings. The lowest BCUT2D eigenvalue weighted by molar-refractivity contribution is -0.0540. The highest BCUT2D eigenvalue weighted by Gasteiger charge is 2.42. The van der Waals surface area contributed by atoms with Gasteiger partial charge in [-0.05, 0) is 60.1 Å². The van der Waals surface area contributed by atoms with Gasteiger partial charge in [-0.25, -0.2) is 0 Å². The molecule has 0 atom stereocenters. The number of H-pyrrole nitrogens is 1. The van der Waals surface area contributed by atoms with Crippen molar-refractivity contribution >= 4 is 39.4 Å². The van der Waals surface area contributed by atoms with Crippen LogP contribution in [0.1, 0.15) is 29.6 Å². The number of rotatable bonds is 4. The van der Waals surface area contributed by atoms with Gasteiger partial charge in [-0.1, -0.05) is 0 Å². The lowest BCUT2D eigenvalue weighted by atomic mass is 9.75. The number of hydrogen-bond donors (Lipinski definition) is 2. The molecule has 24 heavy (non-hydrogen) atoms. The molecule has 6 nitrogen and oxygen atoms in total. The van der Waals surface area contributed by atoms with E-state index in [0.29, 0.717) is 12.1 Å². The number of hydrogen-bond acceptors (Lipinski definition) is 4. The number of carbonyl (C=O) groups is 1. The van der Waals surface area contributed by atoms with Crippen LogP contribution in [0.25, 0.3) is 10.9 Å². The minimum absolute atomic E-state index is 0.00608. The van der Waals surface area contributed by atoms with Gasteiger partial charge in [-0.15, -0.1) is 0 Å². The second kappa shape index (κ2) is 6.61. The molecule has 1 amide bonds. The van der Waals surface area contributed by atoms with Gasteiger partial charge in [0.15, 0.2) is 0 Å². The molecule has 1 saturated heterocycles. The van der Waals surface area contributed by atoms with Crippen molar-refractivity contribution in [3.63, 3.8) is 0 Å². The molecule has 7 heteroatoms. The number of nitrogens with zero attached hydrogens (tertiary/aromatic N) is 2. The molecule has 0 bridgehead atoms. The second-order valence-electron chi connectivity index (χ2n) is 6.63. The Morgan fingerprint density at radius 1 is 1.38 bits per heavy atom. The second-order valence-corrected chi connectivity index (χ2v) is 7.66. The van der Waals surface area contributed by atoms with Gasteiger partial charge in [-0.3, -0.25) is 14.8 Å². The van der Waals surface area contributed by atoms with Crippen LogP contribution in [-0.4, -0.2) is 59.4 Å². The zero-order valence-corrected chi connectivity index (χ0v) is 15.6. The summed E-state index contributed by atoms with van der Waals surface area (Å²) in [6.45, 7) is 4.24. The van der Waals surface area contributed by atoms with Crippen LogP contribution in [0.15, 0.2) is 18.2 Å². The SMILES string of the molecule is O=C(NCC1(N2CCOCC2)CCC1)c1ccc2[nH]nc(I)c2c1. The molecule has 0 spiro atoms. The van der Waals surface area contributed by atoms with E-state index in [1.165, 1.54) is 6.42 Å². The quantitative estimate of drug-likeness (QED) is 0.716. The summed E-state index contributed by atoms with van der Waals surface area (Å²) in [5.41, 5.74) is 1.78. The minimum Gasteiger partial charge on any atom is -0.379 e. The highest BCUT2D eigenvalue weighted by atomic mass is 127. The predicted octanol–water partition coefficient (Wildman–Crippen LogP) is 2.15. The highest BCUT2D eigenvalue weighted by molar-refractivity contribution is 14.1. The van der Waals surface area contributed by atoms with Crippen molar-refractivity contribution in [3.8, 4) is 0 Å². The van der Waals surface area contributed by atoms with Crippen molar-refractivity contribution in [3.05, 3.63) is 27.5 Å². The Kier molecular flexibility index (Phi) is 4.48. The molecule has 0 radical (unpaired) electrons. The number of aromatic nitrogens is 2. The van der Waals surface area contributed by atoms with Crippen LogP contribution >= 0.6 is 22.6 Å². The first kappa shape index (κ1) is 16.3. The van der Waals surface area contributed by atoms with Gasteiger partial charge < -0.3 is 10.1 Å². The van der Waals surface area contributed by atoms with Crippen LogP contribution in [0.3, 0.4) is 0 Å². The summed E-state index contributed by atoms with van der Waals surface area (Å²) in [6, 6.07) is 5.69. The summed E-state index contributed by atoms with van der Waals surface area (Å²) in [7, 11) is 0. The molecule has 1 aliphatic carbocycles. The summed E-state index contributed by atoms with van der Waals surface area (Å²) in [6.07, 6.45) is 3.56. The molecule has 1 aliphatic heterocycles. The average molecular weight is 440 g/mol. The first-order chi connectivity index (χ1) is 11.7. The summed E-state index contributed by atoms with van der Waals surface area (Å²) in [5, 5.41) is 11.3. The number of ether oxygens (including phenoxy) is 1. The van der Waals surface area contributed by atoms with Crippen LogP contribution in [0.2, 0.25) is 0 Å². The number of carbonyl (C=O) groups excluding carboxylic acids is 1. The van der Waals surface area contributed by atoms with E-state index in [2.05, 4.69) is 43.0 Å². The van der Waals surface area contributed by atoms with Gasteiger partial charge >= 0.3 is 0 Å². The van der Waals surface area contributed by atoms with Crippen molar-refractivity contribution < 1.29 is 9.53 Å². The Hall–Kier alpha value is -1.19. The summed E-state index contributed by atoms with van der Waals surface area (Å²) in [5.74, 6) is -0.00608. The van der Waals surface area contributed by atoms with E-state index in [1.807, 2.05) is 18.2 Å². The van der Waals surface area contributed by atoms with Gasteiger partial charge in [0.25, 0.3) is 5.91 Å². The molecular weight excluding hydrogens is 419 g/mol. The van der Waals surface area contributed by atoms with Gasteiger partial charge in [0.05, 0.1) is 18.7 Å². The maximum absolute atomic E-state index is 12.6. The molecule has 1 aromatic heterocycles. The standard InChI is InChI=1S/C17H21IN4O2/c18-15-13-10-12(2-3-14(13)20-21-15)16(23)19-11-17(4-1-5-17)22-6-8-24-9-7-22/h2-3,10H,1,4-9,11H2,(H,19,23)(H,20,21). The fraction of sp³-hybridized carbons (Fsp3) is 0.529. The monoisotopic (exact) mass is 440 g/mol. The van der Waals surface area contributed by atoms with Gasteiger partial charge in [0.2, 0.25) is 0 Å².